The molecule has 3 atom stereocenters. The molecule has 0 radical (unpaired) electrons. The molecule has 0 amide bonds. The van der Waals surface area contributed by atoms with Crippen LogP contribution in [0.15, 0.2) is 0 Å². The molecule has 0 bridgehead atoms. The van der Waals surface area contributed by atoms with Crippen molar-refractivity contribution in [1.29, 1.82) is 0 Å². The zero-order valence-electron chi connectivity index (χ0n) is 11.6. The molecule has 1 rings (SSSR count). The van der Waals surface area contributed by atoms with Crippen LogP contribution in [0.4, 0.5) is 0 Å². The molecular formula is C9H20BO7PS. The van der Waals surface area contributed by atoms with Crippen LogP contribution in [0, 0.1) is 0 Å². The van der Waals surface area contributed by atoms with E-state index in [0.29, 0.717) is 12.8 Å². The van der Waals surface area contributed by atoms with Crippen LogP contribution < -0.4 is 0 Å². The molecule has 0 aromatic rings. The van der Waals surface area contributed by atoms with Crippen molar-refractivity contribution >= 4 is 25.6 Å². The Balaban J connectivity index is 2.62. The number of rotatable bonds is 7. The zero-order chi connectivity index (χ0) is 14.7. The molecule has 1 aliphatic rings. The largest absolute Gasteiger partial charge is 0.363 e. The molecule has 0 heterocycles. The molecule has 112 valence electrons. The van der Waals surface area contributed by atoms with E-state index in [2.05, 4.69) is 0 Å². The Morgan fingerprint density at radius 2 is 1.74 bits per heavy atom. The number of hydrogen-bond donors (Lipinski definition) is 0. The summed E-state index contributed by atoms with van der Waals surface area (Å²) in [6.07, 6.45) is 1.04. The summed E-state index contributed by atoms with van der Waals surface area (Å²) in [5, 5.41) is 0. The minimum absolute atomic E-state index is 0.221. The maximum absolute atomic E-state index is 11.9. The molecule has 0 spiro atoms. The first-order chi connectivity index (χ1) is 8.69. The molecule has 3 unspecified atom stereocenters. The maximum atomic E-state index is 11.9. The van der Waals surface area contributed by atoms with Gasteiger partial charge in [0.05, 0.1) is 12.4 Å². The van der Waals surface area contributed by atoms with Gasteiger partial charge < -0.3 is 13.8 Å². The highest BCUT2D eigenvalue weighted by Gasteiger charge is 2.37. The summed E-state index contributed by atoms with van der Waals surface area (Å²) in [4.78, 5) is 0. The highest BCUT2D eigenvalue weighted by molar-refractivity contribution is 7.86. The highest BCUT2D eigenvalue weighted by atomic mass is 32.2. The van der Waals surface area contributed by atoms with Crippen LogP contribution in [-0.2, 0) is 32.7 Å². The van der Waals surface area contributed by atoms with Gasteiger partial charge in [-0.1, -0.05) is 5.82 Å². The Morgan fingerprint density at radius 3 is 2.21 bits per heavy atom. The Hall–Kier alpha value is 0.0849. The van der Waals surface area contributed by atoms with E-state index in [0.717, 1.165) is 6.26 Å². The lowest BCUT2D eigenvalue weighted by atomic mass is 9.86. The van der Waals surface area contributed by atoms with E-state index in [1.54, 1.807) is 0 Å². The molecule has 10 heteroatoms. The van der Waals surface area contributed by atoms with E-state index < -0.39 is 29.9 Å². The average Bonchev–Trinajstić information content (AvgIpc) is 2.64. The Kier molecular flexibility index (Phi) is 6.04. The zero-order valence-corrected chi connectivity index (χ0v) is 13.3. The van der Waals surface area contributed by atoms with Crippen LogP contribution in [-0.4, -0.2) is 55.3 Å². The van der Waals surface area contributed by atoms with Crippen LogP contribution in [0.1, 0.15) is 12.8 Å². The normalized spacial score (nSPS) is 28.7. The summed E-state index contributed by atoms with van der Waals surface area (Å²) < 4.78 is 54.2. The van der Waals surface area contributed by atoms with Gasteiger partial charge in [0.25, 0.3) is 10.1 Å². The molecule has 0 N–H and O–H groups in total. The summed E-state index contributed by atoms with van der Waals surface area (Å²) in [7, 11) is -2.27. The lowest BCUT2D eigenvalue weighted by Crippen LogP contribution is -2.28. The Bertz CT molecular complexity index is 432. The second-order valence-electron chi connectivity index (χ2n) is 4.73. The first kappa shape index (κ1) is 17.1. The summed E-state index contributed by atoms with van der Waals surface area (Å²) in [5.41, 5.74) is 0. The standard InChI is InChI=1S/C9H20BO7PS/c1-14-18(11,15-2)6-16-8-4-7(10)5-9(8)17-19(3,12)13/h7-9H,4-6,10H2,1-3H3. The van der Waals surface area contributed by atoms with E-state index in [4.69, 9.17) is 18.0 Å². The molecule has 0 saturated heterocycles. The van der Waals surface area contributed by atoms with Crippen LogP contribution in [0.3, 0.4) is 0 Å². The SMILES string of the molecule is BC1CC(OCP(=O)(OC)OC)C(OS(C)(=O)=O)C1. The van der Waals surface area contributed by atoms with Gasteiger partial charge in [-0.2, -0.15) is 8.42 Å². The van der Waals surface area contributed by atoms with E-state index in [-0.39, 0.29) is 12.2 Å². The van der Waals surface area contributed by atoms with Crippen LogP contribution in [0.2, 0.25) is 5.82 Å². The van der Waals surface area contributed by atoms with Crippen molar-refractivity contribution in [3.8, 4) is 0 Å². The predicted molar refractivity (Wildman–Crippen MR) is 72.6 cm³/mol. The van der Waals surface area contributed by atoms with E-state index in [9.17, 15) is 13.0 Å². The van der Waals surface area contributed by atoms with Crippen molar-refractivity contribution in [1.82, 2.24) is 0 Å². The Morgan fingerprint density at radius 1 is 1.21 bits per heavy atom. The molecule has 0 aromatic carbocycles. The predicted octanol–water partition coefficient (Wildman–Crippen LogP) is 0.375. The third-order valence-corrected chi connectivity index (χ3v) is 5.16. The van der Waals surface area contributed by atoms with Gasteiger partial charge in [-0.3, -0.25) is 8.75 Å². The molecular weight excluding hydrogens is 294 g/mol. The topological polar surface area (TPSA) is 88.1 Å². The van der Waals surface area contributed by atoms with Gasteiger partial charge in [0, 0.05) is 14.2 Å². The fourth-order valence-electron chi connectivity index (χ4n) is 2.06. The average molecular weight is 314 g/mol. The fraction of sp³-hybridized carbons (Fsp3) is 1.00. The van der Waals surface area contributed by atoms with Crippen molar-refractivity contribution < 1.29 is 31.0 Å². The fourth-order valence-corrected chi connectivity index (χ4v) is 3.45. The third-order valence-electron chi connectivity index (χ3n) is 2.99. The number of ether oxygens (including phenoxy) is 1. The smallest absolute Gasteiger partial charge is 0.355 e. The lowest BCUT2D eigenvalue weighted by molar-refractivity contribution is 0.00865. The van der Waals surface area contributed by atoms with Crippen molar-refractivity contribution in [2.45, 2.75) is 30.9 Å². The molecule has 7 nitrogen and oxygen atoms in total. The van der Waals surface area contributed by atoms with E-state index >= 15 is 0 Å². The maximum Gasteiger partial charge on any atom is 0.355 e. The first-order valence-corrected chi connectivity index (χ1v) is 9.44. The molecule has 1 saturated carbocycles. The second kappa shape index (κ2) is 6.69. The van der Waals surface area contributed by atoms with Crippen LogP contribution in [0.25, 0.3) is 0 Å². The van der Waals surface area contributed by atoms with Crippen LogP contribution >= 0.6 is 7.60 Å². The minimum atomic E-state index is -3.54. The van der Waals surface area contributed by atoms with Crippen LogP contribution in [0.5, 0.6) is 0 Å². The lowest BCUT2D eigenvalue weighted by Gasteiger charge is -2.21. The second-order valence-corrected chi connectivity index (χ2v) is 8.54. The molecule has 0 aliphatic heterocycles. The summed E-state index contributed by atoms with van der Waals surface area (Å²) in [5.74, 6) is 0.279. The summed E-state index contributed by atoms with van der Waals surface area (Å²) >= 11 is 0. The van der Waals surface area contributed by atoms with Crippen molar-refractivity contribution in [2.75, 3.05) is 26.8 Å². The Labute approximate surface area is 115 Å². The summed E-state index contributed by atoms with van der Waals surface area (Å²) in [6.45, 7) is 0. The number of hydrogen-bond acceptors (Lipinski definition) is 7. The van der Waals surface area contributed by atoms with Crippen molar-refractivity contribution in [2.24, 2.45) is 0 Å². The van der Waals surface area contributed by atoms with Gasteiger partial charge in [-0.25, -0.2) is 0 Å². The monoisotopic (exact) mass is 314 g/mol. The van der Waals surface area contributed by atoms with Crippen molar-refractivity contribution in [3.63, 3.8) is 0 Å². The van der Waals surface area contributed by atoms with Gasteiger partial charge in [0.15, 0.2) is 0 Å². The molecule has 19 heavy (non-hydrogen) atoms. The van der Waals surface area contributed by atoms with E-state index in [1.165, 1.54) is 14.2 Å². The van der Waals surface area contributed by atoms with Gasteiger partial charge in [0.1, 0.15) is 20.3 Å². The third kappa shape index (κ3) is 5.53. The van der Waals surface area contributed by atoms with E-state index in [1.807, 2.05) is 7.85 Å². The summed E-state index contributed by atoms with van der Waals surface area (Å²) in [6, 6.07) is 0. The molecule has 0 aromatic heterocycles. The molecule has 1 aliphatic carbocycles. The first-order valence-electron chi connectivity index (χ1n) is 5.89. The van der Waals surface area contributed by atoms with Gasteiger partial charge in [-0.15, -0.1) is 0 Å². The van der Waals surface area contributed by atoms with Crippen molar-refractivity contribution in [3.05, 3.63) is 0 Å². The molecule has 1 fully saturated rings. The highest BCUT2D eigenvalue weighted by Crippen LogP contribution is 2.47. The quantitative estimate of drug-likeness (QED) is 0.381. The van der Waals surface area contributed by atoms with Gasteiger partial charge >= 0.3 is 7.60 Å². The minimum Gasteiger partial charge on any atom is -0.363 e. The van der Waals surface area contributed by atoms with Gasteiger partial charge in [-0.05, 0) is 12.8 Å². The van der Waals surface area contributed by atoms with Gasteiger partial charge in [0.2, 0.25) is 0 Å².